The first-order valence-electron chi connectivity index (χ1n) is 6.40. The summed E-state index contributed by atoms with van der Waals surface area (Å²) in [6, 6.07) is -0.0937. The molecule has 0 aliphatic heterocycles. The monoisotopic (exact) mass is 244 g/mol. The lowest BCUT2D eigenvalue weighted by Gasteiger charge is -2.23. The zero-order valence-corrected chi connectivity index (χ0v) is 10.8. The van der Waals surface area contributed by atoms with Gasteiger partial charge in [-0.05, 0) is 19.8 Å². The Labute approximate surface area is 103 Å². The fourth-order valence-corrected chi connectivity index (χ4v) is 2.17. The first kappa shape index (κ1) is 14.3. The van der Waals surface area contributed by atoms with Crippen molar-refractivity contribution in [3.8, 4) is 0 Å². The molecule has 1 aliphatic carbocycles. The first-order chi connectivity index (χ1) is 8.15. The molecule has 1 fully saturated rings. The van der Waals surface area contributed by atoms with E-state index >= 15 is 0 Å². The molecule has 0 aromatic rings. The molecule has 0 bridgehead atoms. The topological polar surface area (TPSA) is 61.8 Å². The third kappa shape index (κ3) is 4.91. The van der Waals surface area contributed by atoms with E-state index in [2.05, 4.69) is 5.32 Å². The van der Waals surface area contributed by atoms with Crippen LogP contribution in [0.25, 0.3) is 0 Å². The van der Waals surface area contributed by atoms with Crippen LogP contribution in [-0.4, -0.2) is 55.5 Å². The van der Waals surface area contributed by atoms with Crippen molar-refractivity contribution in [3.05, 3.63) is 0 Å². The van der Waals surface area contributed by atoms with Crippen LogP contribution in [0.1, 0.15) is 26.2 Å². The number of carbonyl (C=O) groups is 1. The van der Waals surface area contributed by atoms with Crippen LogP contribution in [0, 0.1) is 5.92 Å². The molecule has 2 unspecified atom stereocenters. The quantitative estimate of drug-likeness (QED) is 0.680. The Hall–Kier alpha value is -0.810. The minimum Gasteiger partial charge on any atom is -0.393 e. The third-order valence-corrected chi connectivity index (χ3v) is 3.20. The van der Waals surface area contributed by atoms with E-state index in [1.54, 1.807) is 11.9 Å². The summed E-state index contributed by atoms with van der Waals surface area (Å²) in [5.74, 6) is 0.234. The molecule has 0 heterocycles. The summed E-state index contributed by atoms with van der Waals surface area (Å²) >= 11 is 0. The Kier molecular flexibility index (Phi) is 6.29. The minimum absolute atomic E-state index is 0.0937. The summed E-state index contributed by atoms with van der Waals surface area (Å²) in [4.78, 5) is 13.3. The molecule has 0 aromatic carbocycles. The lowest BCUT2D eigenvalue weighted by molar-refractivity contribution is 0.112. The molecule has 1 saturated carbocycles. The highest BCUT2D eigenvalue weighted by atomic mass is 16.5. The van der Waals surface area contributed by atoms with Crippen molar-refractivity contribution in [1.29, 1.82) is 0 Å². The molecule has 0 aromatic heterocycles. The second-order valence-corrected chi connectivity index (χ2v) is 4.57. The largest absolute Gasteiger partial charge is 0.393 e. The first-order valence-corrected chi connectivity index (χ1v) is 6.40. The zero-order chi connectivity index (χ0) is 12.7. The van der Waals surface area contributed by atoms with E-state index in [1.165, 1.54) is 0 Å². The summed E-state index contributed by atoms with van der Waals surface area (Å²) in [5.41, 5.74) is 0. The number of nitrogens with zero attached hydrogens (tertiary/aromatic N) is 1. The van der Waals surface area contributed by atoms with Crippen molar-refractivity contribution in [3.63, 3.8) is 0 Å². The molecule has 5 nitrogen and oxygen atoms in total. The van der Waals surface area contributed by atoms with Crippen molar-refractivity contribution in [2.24, 2.45) is 5.92 Å². The van der Waals surface area contributed by atoms with Crippen LogP contribution in [0.2, 0.25) is 0 Å². The van der Waals surface area contributed by atoms with Gasteiger partial charge in [-0.15, -0.1) is 0 Å². The van der Waals surface area contributed by atoms with Gasteiger partial charge in [0.1, 0.15) is 0 Å². The number of carbonyl (C=O) groups excluding carboxylic acids is 1. The SMILES string of the molecule is CCOCCNC(=O)N(C)CC1CCCC1O. The molecule has 2 amide bonds. The van der Waals surface area contributed by atoms with Crippen molar-refractivity contribution >= 4 is 6.03 Å². The van der Waals surface area contributed by atoms with Crippen molar-refractivity contribution in [2.45, 2.75) is 32.3 Å². The van der Waals surface area contributed by atoms with Gasteiger partial charge in [0, 0.05) is 32.7 Å². The highest BCUT2D eigenvalue weighted by molar-refractivity contribution is 5.73. The highest BCUT2D eigenvalue weighted by Crippen LogP contribution is 2.25. The molecule has 5 heteroatoms. The molecule has 17 heavy (non-hydrogen) atoms. The lowest BCUT2D eigenvalue weighted by atomic mass is 10.1. The Balaban J connectivity index is 2.17. The number of urea groups is 1. The maximum Gasteiger partial charge on any atom is 0.317 e. The van der Waals surface area contributed by atoms with E-state index in [0.717, 1.165) is 19.3 Å². The van der Waals surface area contributed by atoms with Gasteiger partial charge in [-0.2, -0.15) is 0 Å². The fraction of sp³-hybridized carbons (Fsp3) is 0.917. The normalized spacial score (nSPS) is 23.7. The van der Waals surface area contributed by atoms with E-state index in [-0.39, 0.29) is 18.1 Å². The predicted octanol–water partition coefficient (Wildman–Crippen LogP) is 0.825. The number of hydrogen-bond donors (Lipinski definition) is 2. The molecule has 100 valence electrons. The summed E-state index contributed by atoms with van der Waals surface area (Å²) in [7, 11) is 1.76. The molecule has 2 atom stereocenters. The summed E-state index contributed by atoms with van der Waals surface area (Å²) in [6.07, 6.45) is 2.70. The predicted molar refractivity (Wildman–Crippen MR) is 65.9 cm³/mol. The van der Waals surface area contributed by atoms with Crippen LogP contribution < -0.4 is 5.32 Å². The van der Waals surface area contributed by atoms with Gasteiger partial charge in [-0.3, -0.25) is 0 Å². The molecule has 1 rings (SSSR count). The number of rotatable bonds is 6. The van der Waals surface area contributed by atoms with Gasteiger partial charge in [-0.1, -0.05) is 6.42 Å². The Morgan fingerprint density at radius 3 is 2.88 bits per heavy atom. The molecule has 2 N–H and O–H groups in total. The van der Waals surface area contributed by atoms with E-state index in [4.69, 9.17) is 4.74 Å². The van der Waals surface area contributed by atoms with Gasteiger partial charge in [0.25, 0.3) is 0 Å². The minimum atomic E-state index is -0.242. The van der Waals surface area contributed by atoms with E-state index in [9.17, 15) is 9.90 Å². The van der Waals surface area contributed by atoms with Gasteiger partial charge < -0.3 is 20.1 Å². The molecule has 0 radical (unpaired) electrons. The van der Waals surface area contributed by atoms with Crippen molar-refractivity contribution in [2.75, 3.05) is 33.4 Å². The molecule has 0 saturated heterocycles. The number of ether oxygens (including phenoxy) is 1. The van der Waals surface area contributed by atoms with Crippen LogP contribution in [0.5, 0.6) is 0 Å². The average molecular weight is 244 g/mol. The third-order valence-electron chi connectivity index (χ3n) is 3.20. The Morgan fingerprint density at radius 1 is 1.53 bits per heavy atom. The summed E-state index contributed by atoms with van der Waals surface area (Å²) in [6.45, 7) is 4.30. The Morgan fingerprint density at radius 2 is 2.29 bits per heavy atom. The lowest BCUT2D eigenvalue weighted by Crippen LogP contribution is -2.42. The smallest absolute Gasteiger partial charge is 0.317 e. The molecular formula is C12H24N2O3. The van der Waals surface area contributed by atoms with E-state index in [0.29, 0.717) is 26.3 Å². The van der Waals surface area contributed by atoms with Gasteiger partial charge in [-0.25, -0.2) is 4.79 Å². The molecule has 0 spiro atoms. The van der Waals surface area contributed by atoms with Gasteiger partial charge >= 0.3 is 6.03 Å². The van der Waals surface area contributed by atoms with Crippen LogP contribution in [-0.2, 0) is 4.74 Å². The summed E-state index contributed by atoms with van der Waals surface area (Å²) in [5, 5.41) is 12.5. The number of aliphatic hydroxyl groups is 1. The second-order valence-electron chi connectivity index (χ2n) is 4.57. The number of amides is 2. The van der Waals surface area contributed by atoms with Crippen LogP contribution >= 0.6 is 0 Å². The standard InChI is InChI=1S/C12H24N2O3/c1-3-17-8-7-13-12(16)14(2)9-10-5-4-6-11(10)15/h10-11,15H,3-9H2,1-2H3,(H,13,16). The number of hydrogen-bond acceptors (Lipinski definition) is 3. The van der Waals surface area contributed by atoms with Crippen molar-refractivity contribution < 1.29 is 14.6 Å². The van der Waals surface area contributed by atoms with Gasteiger partial charge in [0.15, 0.2) is 0 Å². The highest BCUT2D eigenvalue weighted by Gasteiger charge is 2.27. The van der Waals surface area contributed by atoms with Gasteiger partial charge in [0.05, 0.1) is 12.7 Å². The van der Waals surface area contributed by atoms with Crippen molar-refractivity contribution in [1.82, 2.24) is 10.2 Å². The van der Waals surface area contributed by atoms with E-state index in [1.807, 2.05) is 6.92 Å². The average Bonchev–Trinajstić information content (AvgIpc) is 2.70. The van der Waals surface area contributed by atoms with Gasteiger partial charge in [0.2, 0.25) is 0 Å². The second kappa shape index (κ2) is 7.50. The molecule has 1 aliphatic rings. The maximum atomic E-state index is 11.7. The van der Waals surface area contributed by atoms with Crippen LogP contribution in [0.15, 0.2) is 0 Å². The zero-order valence-electron chi connectivity index (χ0n) is 10.8. The van der Waals surface area contributed by atoms with Crippen LogP contribution in [0.3, 0.4) is 0 Å². The number of aliphatic hydroxyl groups excluding tert-OH is 1. The Bertz CT molecular complexity index is 236. The maximum absolute atomic E-state index is 11.7. The fourth-order valence-electron chi connectivity index (χ4n) is 2.17. The van der Waals surface area contributed by atoms with Crippen LogP contribution in [0.4, 0.5) is 4.79 Å². The summed E-state index contributed by atoms with van der Waals surface area (Å²) < 4.78 is 5.14. The van der Waals surface area contributed by atoms with E-state index < -0.39 is 0 Å². The molecular weight excluding hydrogens is 220 g/mol. The number of nitrogens with one attached hydrogen (secondary N) is 1.